The highest BCUT2D eigenvalue weighted by Gasteiger charge is 2.53. The Hall–Kier alpha value is 0.194. The second-order valence-corrected chi connectivity index (χ2v) is 11.1. The Labute approximate surface area is 144 Å². The summed E-state index contributed by atoms with van der Waals surface area (Å²) in [4.78, 5) is 0. The van der Waals surface area contributed by atoms with Gasteiger partial charge in [-0.2, -0.15) is 0 Å². The van der Waals surface area contributed by atoms with Crippen molar-refractivity contribution in [2.24, 2.45) is 0 Å². The molecule has 8 heteroatoms. The molecule has 0 amide bonds. The predicted molar refractivity (Wildman–Crippen MR) is 95.3 cm³/mol. The van der Waals surface area contributed by atoms with Crippen LogP contribution in [0.15, 0.2) is 0 Å². The molecule has 0 aromatic carbocycles. The molecule has 0 aromatic heterocycles. The minimum Gasteiger partial charge on any atom is -0.383 e. The van der Waals surface area contributed by atoms with Crippen molar-refractivity contribution in [3.8, 4) is 0 Å². The molecule has 1 saturated heterocycles. The molecule has 1 fully saturated rings. The first-order valence-corrected chi connectivity index (χ1v) is 13.0. The van der Waals surface area contributed by atoms with Crippen LogP contribution in [-0.2, 0) is 22.1 Å². The fraction of sp³-hybridized carbons (Fsp3) is 1.00. The van der Waals surface area contributed by atoms with Gasteiger partial charge in [0.15, 0.2) is 0 Å². The summed E-state index contributed by atoms with van der Waals surface area (Å²) < 4.78 is 32.9. The lowest BCUT2D eigenvalue weighted by Crippen LogP contribution is -2.67. The first-order valence-electron chi connectivity index (χ1n) is 9.06. The highest BCUT2D eigenvalue weighted by molar-refractivity contribution is 6.68. The van der Waals surface area contributed by atoms with Gasteiger partial charge in [0.1, 0.15) is 0 Å². The van der Waals surface area contributed by atoms with Gasteiger partial charge in [-0.15, -0.1) is 0 Å². The number of nitrogens with zero attached hydrogens (tertiary/aromatic N) is 1. The number of hydrogen-bond donors (Lipinski definition) is 0. The minimum atomic E-state index is -2.73. The molecule has 0 bridgehead atoms. The van der Waals surface area contributed by atoms with E-state index in [-0.39, 0.29) is 0 Å². The monoisotopic (exact) mass is 365 g/mol. The quantitative estimate of drug-likeness (QED) is 0.496. The fourth-order valence-electron chi connectivity index (χ4n) is 3.15. The molecule has 0 saturated carbocycles. The van der Waals surface area contributed by atoms with E-state index in [0.717, 1.165) is 25.4 Å². The molecule has 1 rings (SSSR count). The highest BCUT2D eigenvalue weighted by Crippen LogP contribution is 2.29. The van der Waals surface area contributed by atoms with Crippen LogP contribution < -0.4 is 0 Å². The summed E-state index contributed by atoms with van der Waals surface area (Å²) in [5, 5.41) is 0. The predicted octanol–water partition coefficient (Wildman–Crippen LogP) is 2.68. The van der Waals surface area contributed by atoms with E-state index in [1.807, 2.05) is 34.6 Å². The van der Waals surface area contributed by atoms with Gasteiger partial charge in [0.2, 0.25) is 0 Å². The van der Waals surface area contributed by atoms with E-state index in [2.05, 4.69) is 4.57 Å². The number of rotatable bonds is 12. The second kappa shape index (κ2) is 10.9. The van der Waals surface area contributed by atoms with Gasteiger partial charge in [-0.25, -0.2) is 0 Å². The maximum absolute atomic E-state index is 6.20. The van der Waals surface area contributed by atoms with Crippen LogP contribution in [0.1, 0.15) is 47.5 Å². The van der Waals surface area contributed by atoms with E-state index in [1.54, 1.807) is 0 Å². The SMILES string of the molecule is CCO[Si](CN1CCCC[Si]1(OCC)OCC)(OCC)OCC. The first kappa shape index (κ1) is 21.2. The summed E-state index contributed by atoms with van der Waals surface area (Å²) in [5.41, 5.74) is 0. The van der Waals surface area contributed by atoms with Gasteiger partial charge in [-0.05, 0) is 54.0 Å². The molecule has 6 nitrogen and oxygen atoms in total. The summed E-state index contributed by atoms with van der Waals surface area (Å²) in [6.07, 6.45) is 2.98. The molecule has 0 aliphatic carbocycles. The molecule has 0 radical (unpaired) electrons. The van der Waals surface area contributed by atoms with E-state index in [4.69, 9.17) is 22.1 Å². The fourth-order valence-corrected chi connectivity index (χ4v) is 10.3. The molecule has 138 valence electrons. The summed E-state index contributed by atoms with van der Waals surface area (Å²) in [6, 6.07) is 1.00. The van der Waals surface area contributed by atoms with Gasteiger partial charge in [0.25, 0.3) is 0 Å². The van der Waals surface area contributed by atoms with Gasteiger partial charge in [0.05, 0.1) is 6.17 Å². The zero-order valence-corrected chi connectivity index (χ0v) is 17.6. The molecule has 1 aliphatic rings. The average molecular weight is 366 g/mol. The van der Waals surface area contributed by atoms with Crippen molar-refractivity contribution in [1.29, 1.82) is 0 Å². The molecule has 0 atom stereocenters. The topological polar surface area (TPSA) is 49.4 Å². The Morgan fingerprint density at radius 1 is 0.783 bits per heavy atom. The van der Waals surface area contributed by atoms with Crippen LogP contribution in [0.3, 0.4) is 0 Å². The Morgan fingerprint density at radius 2 is 1.30 bits per heavy atom. The average Bonchev–Trinajstić information content (AvgIpc) is 2.51. The summed E-state index contributed by atoms with van der Waals surface area (Å²) in [5.74, 6) is 0. The zero-order chi connectivity index (χ0) is 17.2. The van der Waals surface area contributed by atoms with Crippen molar-refractivity contribution in [2.45, 2.75) is 53.5 Å². The molecule has 1 heterocycles. The second-order valence-electron chi connectivity index (χ2n) is 5.44. The van der Waals surface area contributed by atoms with Crippen molar-refractivity contribution < 1.29 is 22.1 Å². The van der Waals surface area contributed by atoms with Gasteiger partial charge in [-0.1, -0.05) is 0 Å². The lowest BCUT2D eigenvalue weighted by molar-refractivity contribution is 0.0496. The summed E-state index contributed by atoms with van der Waals surface area (Å²) in [6.45, 7) is 14.2. The smallest absolute Gasteiger partial charge is 0.383 e. The molecule has 0 unspecified atom stereocenters. The maximum Gasteiger partial charge on any atom is 0.515 e. The summed E-state index contributed by atoms with van der Waals surface area (Å²) in [7, 11) is -5.11. The first-order chi connectivity index (χ1) is 11.1. The van der Waals surface area contributed by atoms with E-state index in [9.17, 15) is 0 Å². The van der Waals surface area contributed by atoms with Gasteiger partial charge < -0.3 is 22.1 Å². The number of hydrogen-bond acceptors (Lipinski definition) is 6. The van der Waals surface area contributed by atoms with Crippen molar-refractivity contribution in [1.82, 2.24) is 4.57 Å². The van der Waals surface area contributed by atoms with Crippen LogP contribution in [0.5, 0.6) is 0 Å². The summed E-state index contributed by atoms with van der Waals surface area (Å²) >= 11 is 0. The van der Waals surface area contributed by atoms with Crippen molar-refractivity contribution >= 4 is 17.5 Å². The largest absolute Gasteiger partial charge is 0.515 e. The third-order valence-electron chi connectivity index (χ3n) is 3.87. The molecule has 0 aromatic rings. The standard InChI is InChI=1S/C15H35NO5Si2/c1-6-17-22(18-7-2)14-12-11-13-16(22)15-23(19-8-3,20-9-4)21-10-5/h6-15H2,1-5H3. The van der Waals surface area contributed by atoms with Crippen LogP contribution in [0.2, 0.25) is 6.04 Å². The van der Waals surface area contributed by atoms with Crippen LogP contribution in [0.25, 0.3) is 0 Å². The van der Waals surface area contributed by atoms with E-state index < -0.39 is 17.5 Å². The highest BCUT2D eigenvalue weighted by atomic mass is 28.4. The zero-order valence-electron chi connectivity index (χ0n) is 15.6. The van der Waals surface area contributed by atoms with Gasteiger partial charge in [-0.3, -0.25) is 4.57 Å². The third-order valence-corrected chi connectivity index (χ3v) is 11.0. The lowest BCUT2D eigenvalue weighted by Gasteiger charge is -2.45. The molecule has 23 heavy (non-hydrogen) atoms. The van der Waals surface area contributed by atoms with Crippen LogP contribution in [0.4, 0.5) is 0 Å². The van der Waals surface area contributed by atoms with Crippen molar-refractivity contribution in [3.05, 3.63) is 0 Å². The van der Waals surface area contributed by atoms with Crippen LogP contribution >= 0.6 is 0 Å². The van der Waals surface area contributed by atoms with Gasteiger partial charge >= 0.3 is 17.5 Å². The molecule has 0 spiro atoms. The minimum absolute atomic E-state index is 0.595. The van der Waals surface area contributed by atoms with Crippen molar-refractivity contribution in [3.63, 3.8) is 0 Å². The normalized spacial score (nSPS) is 19.2. The van der Waals surface area contributed by atoms with Crippen LogP contribution in [0, 0.1) is 0 Å². The molecular formula is C15H35NO5Si2. The van der Waals surface area contributed by atoms with Crippen LogP contribution in [-0.4, -0.2) is 67.8 Å². The Kier molecular flexibility index (Phi) is 10.1. The van der Waals surface area contributed by atoms with Crippen molar-refractivity contribution in [2.75, 3.05) is 45.7 Å². The van der Waals surface area contributed by atoms with E-state index in [1.165, 1.54) is 0 Å². The maximum atomic E-state index is 6.20. The lowest BCUT2D eigenvalue weighted by atomic mass is 10.3. The molecular weight excluding hydrogens is 330 g/mol. The Balaban J connectivity index is 2.99. The Morgan fingerprint density at radius 3 is 1.74 bits per heavy atom. The van der Waals surface area contributed by atoms with E-state index in [0.29, 0.717) is 39.2 Å². The molecule has 0 N–H and O–H groups in total. The Bertz CT molecular complexity index is 294. The van der Waals surface area contributed by atoms with E-state index >= 15 is 0 Å². The molecule has 1 aliphatic heterocycles. The van der Waals surface area contributed by atoms with Gasteiger partial charge in [0, 0.05) is 39.1 Å². The third kappa shape index (κ3) is 5.89.